The lowest BCUT2D eigenvalue weighted by Gasteiger charge is -2.12. The molecule has 1 heterocycles. The van der Waals surface area contributed by atoms with E-state index in [9.17, 15) is 18.3 Å². The fourth-order valence-corrected chi connectivity index (χ4v) is 4.82. The van der Waals surface area contributed by atoms with Crippen molar-refractivity contribution in [2.24, 2.45) is 7.05 Å². The van der Waals surface area contributed by atoms with Crippen molar-refractivity contribution < 1.29 is 23.1 Å². The van der Waals surface area contributed by atoms with Crippen molar-refractivity contribution >= 4 is 38.5 Å². The van der Waals surface area contributed by atoms with Crippen LogP contribution < -0.4 is 9.46 Å². The number of hydrogen-bond donors (Lipinski definition) is 2. The Kier molecular flexibility index (Phi) is 5.88. The number of aromatic nitrogens is 1. The summed E-state index contributed by atoms with van der Waals surface area (Å²) < 4.78 is 34.9. The Labute approximate surface area is 173 Å². The summed E-state index contributed by atoms with van der Waals surface area (Å²) in [6.45, 7) is 2.18. The number of carboxylic acids is 1. The van der Waals surface area contributed by atoms with Gasteiger partial charge in [-0.2, -0.15) is 0 Å². The van der Waals surface area contributed by atoms with Crippen LogP contribution in [0, 0.1) is 6.92 Å². The summed E-state index contributed by atoms with van der Waals surface area (Å²) >= 11 is 6.04. The number of benzene rings is 2. The summed E-state index contributed by atoms with van der Waals surface area (Å²) in [5.74, 6) is -1.33. The molecule has 9 heteroatoms. The fourth-order valence-electron chi connectivity index (χ4n) is 3.25. The lowest BCUT2D eigenvalue weighted by molar-refractivity contribution is 0.0693. The second kappa shape index (κ2) is 8.06. The lowest BCUT2D eigenvalue weighted by Crippen LogP contribution is -2.26. The van der Waals surface area contributed by atoms with Crippen LogP contribution in [0.5, 0.6) is 5.75 Å². The van der Waals surface area contributed by atoms with Gasteiger partial charge in [-0.05, 0) is 36.6 Å². The summed E-state index contributed by atoms with van der Waals surface area (Å²) in [5.41, 5.74) is 3.05. The predicted molar refractivity (Wildman–Crippen MR) is 112 cm³/mol. The van der Waals surface area contributed by atoms with E-state index in [2.05, 4.69) is 10.8 Å². The number of ether oxygens (including phenoxy) is 1. The van der Waals surface area contributed by atoms with Gasteiger partial charge in [0.15, 0.2) is 0 Å². The molecule has 2 aromatic carbocycles. The Hall–Kier alpha value is -2.55. The monoisotopic (exact) mass is 436 g/mol. The minimum Gasteiger partial charge on any atom is -0.496 e. The second-order valence-corrected chi connectivity index (χ2v) is 8.86. The molecule has 0 aliphatic carbocycles. The molecule has 0 atom stereocenters. The molecule has 7 nitrogen and oxygen atoms in total. The van der Waals surface area contributed by atoms with E-state index in [4.69, 9.17) is 16.3 Å². The van der Waals surface area contributed by atoms with Gasteiger partial charge in [0.1, 0.15) is 16.2 Å². The van der Waals surface area contributed by atoms with Gasteiger partial charge in [-0.25, -0.2) is 17.9 Å². The molecule has 0 saturated carbocycles. The number of carboxylic acid groups (broad SMARTS) is 1. The standard InChI is InChI=1S/C20H21ClN2O5S/c1-12-4-5-14-13(11-23(2)17(14)8-12)6-7-22-29(26,27)19-10-18(28-3)15(20(24)25)9-16(19)21/h4-5,8-11,22H,6-7H2,1-3H3,(H,24,25). The number of methoxy groups -OCH3 is 1. The highest BCUT2D eigenvalue weighted by molar-refractivity contribution is 7.89. The van der Waals surface area contributed by atoms with Crippen molar-refractivity contribution in [3.8, 4) is 5.75 Å². The first kappa shape index (κ1) is 21.2. The van der Waals surface area contributed by atoms with Crippen molar-refractivity contribution in [1.82, 2.24) is 9.29 Å². The Morgan fingerprint density at radius 1 is 1.28 bits per heavy atom. The molecule has 0 radical (unpaired) electrons. The molecule has 0 saturated heterocycles. The van der Waals surface area contributed by atoms with E-state index in [1.165, 1.54) is 7.11 Å². The number of nitrogens with one attached hydrogen (secondary N) is 1. The third kappa shape index (κ3) is 4.24. The van der Waals surface area contributed by atoms with E-state index in [1.54, 1.807) is 0 Å². The number of fused-ring (bicyclic) bond motifs is 1. The first-order valence-electron chi connectivity index (χ1n) is 8.79. The summed E-state index contributed by atoms with van der Waals surface area (Å²) in [4.78, 5) is 11.0. The van der Waals surface area contributed by atoms with Crippen molar-refractivity contribution in [3.63, 3.8) is 0 Å². The van der Waals surface area contributed by atoms with Crippen LogP contribution in [0.4, 0.5) is 0 Å². The quantitative estimate of drug-likeness (QED) is 0.591. The van der Waals surface area contributed by atoms with Crippen LogP contribution in [-0.2, 0) is 23.5 Å². The van der Waals surface area contributed by atoms with E-state index in [-0.39, 0.29) is 27.8 Å². The average Bonchev–Trinajstić information content (AvgIpc) is 2.96. The zero-order valence-electron chi connectivity index (χ0n) is 16.2. The molecule has 0 amide bonds. The molecule has 3 rings (SSSR count). The minimum absolute atomic E-state index is 0.0771. The molecule has 0 fully saturated rings. The maximum absolute atomic E-state index is 12.7. The highest BCUT2D eigenvalue weighted by atomic mass is 35.5. The van der Waals surface area contributed by atoms with E-state index in [1.807, 2.05) is 36.9 Å². The maximum atomic E-state index is 12.7. The number of nitrogens with zero attached hydrogens (tertiary/aromatic N) is 1. The third-order valence-electron chi connectivity index (χ3n) is 4.69. The normalized spacial score (nSPS) is 11.7. The van der Waals surface area contributed by atoms with E-state index < -0.39 is 16.0 Å². The van der Waals surface area contributed by atoms with Crippen LogP contribution in [0.1, 0.15) is 21.5 Å². The van der Waals surface area contributed by atoms with Gasteiger partial charge in [0, 0.05) is 36.8 Å². The van der Waals surface area contributed by atoms with Crippen LogP contribution in [-0.4, -0.2) is 37.7 Å². The van der Waals surface area contributed by atoms with Crippen molar-refractivity contribution in [2.45, 2.75) is 18.2 Å². The van der Waals surface area contributed by atoms with Crippen LogP contribution in [0.3, 0.4) is 0 Å². The SMILES string of the molecule is COc1cc(S(=O)(=O)NCCc2cn(C)c3cc(C)ccc23)c(Cl)cc1C(=O)O. The number of aryl methyl sites for hydroxylation is 2. The molecule has 0 unspecified atom stereocenters. The maximum Gasteiger partial charge on any atom is 0.339 e. The van der Waals surface area contributed by atoms with E-state index >= 15 is 0 Å². The predicted octanol–water partition coefficient (Wildman–Crippen LogP) is 3.37. The lowest BCUT2D eigenvalue weighted by atomic mass is 10.1. The van der Waals surface area contributed by atoms with Gasteiger partial charge in [-0.15, -0.1) is 0 Å². The topological polar surface area (TPSA) is 97.6 Å². The smallest absolute Gasteiger partial charge is 0.339 e. The summed E-state index contributed by atoms with van der Waals surface area (Å²) in [5, 5.41) is 10.1. The van der Waals surface area contributed by atoms with E-state index in [0.29, 0.717) is 6.42 Å². The summed E-state index contributed by atoms with van der Waals surface area (Å²) in [6.07, 6.45) is 2.47. The molecular weight excluding hydrogens is 416 g/mol. The van der Waals surface area contributed by atoms with Gasteiger partial charge in [0.2, 0.25) is 10.0 Å². The number of rotatable bonds is 7. The number of carbonyl (C=O) groups is 1. The molecule has 0 aliphatic heterocycles. The molecule has 1 aromatic heterocycles. The molecule has 0 bridgehead atoms. The largest absolute Gasteiger partial charge is 0.496 e. The zero-order chi connectivity index (χ0) is 21.3. The van der Waals surface area contributed by atoms with E-state index in [0.717, 1.165) is 34.2 Å². The first-order valence-corrected chi connectivity index (χ1v) is 10.6. The second-order valence-electron chi connectivity index (χ2n) is 6.72. The Bertz CT molecular complexity index is 1200. The number of sulfonamides is 1. The van der Waals surface area contributed by atoms with Crippen molar-refractivity contribution in [2.75, 3.05) is 13.7 Å². The van der Waals surface area contributed by atoms with Gasteiger partial charge < -0.3 is 14.4 Å². The Morgan fingerprint density at radius 2 is 2.00 bits per heavy atom. The molecule has 0 spiro atoms. The fraction of sp³-hybridized carbons (Fsp3) is 0.250. The highest BCUT2D eigenvalue weighted by Gasteiger charge is 2.23. The van der Waals surface area contributed by atoms with Crippen LogP contribution in [0.25, 0.3) is 10.9 Å². The van der Waals surface area contributed by atoms with Crippen LogP contribution >= 0.6 is 11.6 Å². The van der Waals surface area contributed by atoms with Gasteiger partial charge in [0.25, 0.3) is 0 Å². The van der Waals surface area contributed by atoms with Crippen LogP contribution in [0.15, 0.2) is 41.4 Å². The summed E-state index contributed by atoms with van der Waals surface area (Å²) in [7, 11) is -0.736. The zero-order valence-corrected chi connectivity index (χ0v) is 17.8. The number of halogens is 1. The van der Waals surface area contributed by atoms with Crippen molar-refractivity contribution in [1.29, 1.82) is 0 Å². The van der Waals surface area contributed by atoms with Crippen LogP contribution in [0.2, 0.25) is 5.02 Å². The van der Waals surface area contributed by atoms with Gasteiger partial charge >= 0.3 is 5.97 Å². The highest BCUT2D eigenvalue weighted by Crippen LogP contribution is 2.30. The summed E-state index contributed by atoms with van der Waals surface area (Å²) in [6, 6.07) is 8.32. The molecule has 2 N–H and O–H groups in total. The van der Waals surface area contributed by atoms with Gasteiger partial charge in [0.05, 0.1) is 12.1 Å². The molecule has 3 aromatic rings. The Morgan fingerprint density at radius 3 is 2.66 bits per heavy atom. The van der Waals surface area contributed by atoms with Crippen molar-refractivity contribution in [3.05, 3.63) is 58.2 Å². The first-order chi connectivity index (χ1) is 13.6. The number of hydrogen-bond acceptors (Lipinski definition) is 4. The third-order valence-corrected chi connectivity index (χ3v) is 6.61. The van der Waals surface area contributed by atoms with Gasteiger partial charge in [-0.3, -0.25) is 0 Å². The molecule has 29 heavy (non-hydrogen) atoms. The average molecular weight is 437 g/mol. The number of aromatic carboxylic acids is 1. The minimum atomic E-state index is -3.95. The molecular formula is C20H21ClN2O5S. The van der Waals surface area contributed by atoms with Gasteiger partial charge in [-0.1, -0.05) is 23.7 Å². The Balaban J connectivity index is 1.82. The molecule has 154 valence electrons. The molecule has 0 aliphatic rings.